The maximum Gasteiger partial charge on any atom is 0.136 e. The number of nitrogens with zero attached hydrogens (tertiary/aromatic N) is 1. The minimum atomic E-state index is 0.249. The predicted octanol–water partition coefficient (Wildman–Crippen LogP) is 2.61. The highest BCUT2D eigenvalue weighted by molar-refractivity contribution is 7.09. The fraction of sp³-hybridized carbons (Fsp3) is 0.636. The van der Waals surface area contributed by atoms with E-state index in [2.05, 4.69) is 17.3 Å². The average Bonchev–Trinajstić information content (AvgIpc) is 2.67. The molecule has 2 unspecified atom stereocenters. The Kier molecular flexibility index (Phi) is 2.68. The van der Waals surface area contributed by atoms with E-state index in [-0.39, 0.29) is 5.92 Å². The first kappa shape index (κ1) is 9.84. The topological polar surface area (TPSA) is 30.0 Å². The zero-order valence-corrected chi connectivity index (χ0v) is 9.43. The molecule has 2 atom stereocenters. The van der Waals surface area contributed by atoms with E-state index in [1.54, 1.807) is 11.3 Å². The van der Waals surface area contributed by atoms with Gasteiger partial charge >= 0.3 is 0 Å². The van der Waals surface area contributed by atoms with Gasteiger partial charge in [-0.15, -0.1) is 11.3 Å². The van der Waals surface area contributed by atoms with E-state index in [4.69, 9.17) is 0 Å². The van der Waals surface area contributed by atoms with Crippen molar-refractivity contribution < 1.29 is 4.79 Å². The van der Waals surface area contributed by atoms with Crippen molar-refractivity contribution in [2.24, 2.45) is 11.8 Å². The number of ketones is 1. The van der Waals surface area contributed by atoms with Crippen molar-refractivity contribution in [3.63, 3.8) is 0 Å². The second-order valence-electron chi connectivity index (χ2n) is 4.14. The molecule has 14 heavy (non-hydrogen) atoms. The zero-order chi connectivity index (χ0) is 10.1. The van der Waals surface area contributed by atoms with Crippen LogP contribution in [0.5, 0.6) is 0 Å². The van der Waals surface area contributed by atoms with Gasteiger partial charge in [0.2, 0.25) is 0 Å². The van der Waals surface area contributed by atoms with E-state index in [1.807, 2.05) is 6.92 Å². The molecule has 0 aliphatic heterocycles. The van der Waals surface area contributed by atoms with Crippen LogP contribution in [-0.2, 0) is 11.2 Å². The third kappa shape index (κ3) is 1.87. The Morgan fingerprint density at radius 1 is 1.64 bits per heavy atom. The number of carbonyl (C=O) groups excluding carboxylic acids is 1. The number of aryl methyl sites for hydroxylation is 1. The van der Waals surface area contributed by atoms with E-state index in [0.29, 0.717) is 11.7 Å². The highest BCUT2D eigenvalue weighted by Crippen LogP contribution is 2.31. The van der Waals surface area contributed by atoms with Crippen molar-refractivity contribution in [2.75, 3.05) is 0 Å². The van der Waals surface area contributed by atoms with Gasteiger partial charge in [-0.25, -0.2) is 4.98 Å². The summed E-state index contributed by atoms with van der Waals surface area (Å²) >= 11 is 1.72. The summed E-state index contributed by atoms with van der Waals surface area (Å²) in [6, 6.07) is 0. The molecule has 0 amide bonds. The molecule has 2 nitrogen and oxygen atoms in total. The lowest BCUT2D eigenvalue weighted by atomic mass is 9.95. The molecule has 1 saturated carbocycles. The summed E-state index contributed by atoms with van der Waals surface area (Å²) in [5, 5.41) is 3.27. The van der Waals surface area contributed by atoms with E-state index in [9.17, 15) is 4.79 Å². The number of rotatable bonds is 2. The average molecular weight is 209 g/mol. The van der Waals surface area contributed by atoms with Gasteiger partial charge in [-0.05, 0) is 19.3 Å². The molecule has 76 valence electrons. The smallest absolute Gasteiger partial charge is 0.136 e. The van der Waals surface area contributed by atoms with Crippen molar-refractivity contribution in [2.45, 2.75) is 33.1 Å². The first-order valence-electron chi connectivity index (χ1n) is 5.10. The van der Waals surface area contributed by atoms with Crippen molar-refractivity contribution in [1.82, 2.24) is 4.98 Å². The number of aromatic nitrogens is 1. The van der Waals surface area contributed by atoms with E-state index in [1.165, 1.54) is 5.01 Å². The zero-order valence-electron chi connectivity index (χ0n) is 8.62. The quantitative estimate of drug-likeness (QED) is 0.749. The lowest BCUT2D eigenvalue weighted by Gasteiger charge is -2.11. The maximum atomic E-state index is 11.4. The van der Waals surface area contributed by atoms with Crippen LogP contribution in [-0.4, -0.2) is 10.8 Å². The fourth-order valence-corrected chi connectivity index (χ4v) is 2.93. The first-order chi connectivity index (χ1) is 6.66. The van der Waals surface area contributed by atoms with Gasteiger partial charge in [0.1, 0.15) is 5.78 Å². The number of thiazole rings is 1. The van der Waals surface area contributed by atoms with E-state index >= 15 is 0 Å². The van der Waals surface area contributed by atoms with Gasteiger partial charge in [-0.1, -0.05) is 6.92 Å². The van der Waals surface area contributed by atoms with Crippen molar-refractivity contribution in [3.05, 3.63) is 16.1 Å². The van der Waals surface area contributed by atoms with Gasteiger partial charge in [-0.2, -0.15) is 0 Å². The molecule has 0 radical (unpaired) electrons. The van der Waals surface area contributed by atoms with Crippen LogP contribution >= 0.6 is 11.3 Å². The second-order valence-corrected chi connectivity index (χ2v) is 5.08. The maximum absolute atomic E-state index is 11.4. The summed E-state index contributed by atoms with van der Waals surface area (Å²) < 4.78 is 0. The van der Waals surface area contributed by atoms with Gasteiger partial charge in [0, 0.05) is 29.8 Å². The highest BCUT2D eigenvalue weighted by atomic mass is 32.1. The third-order valence-corrected chi connectivity index (χ3v) is 4.07. The third-order valence-electron chi connectivity index (χ3n) is 3.08. The largest absolute Gasteiger partial charge is 0.299 e. The monoisotopic (exact) mass is 209 g/mol. The first-order valence-corrected chi connectivity index (χ1v) is 5.98. The van der Waals surface area contributed by atoms with Crippen molar-refractivity contribution in [3.8, 4) is 0 Å². The molecule has 1 aromatic heterocycles. The molecular weight excluding hydrogens is 194 g/mol. The number of carbonyl (C=O) groups is 1. The molecule has 1 fully saturated rings. The summed E-state index contributed by atoms with van der Waals surface area (Å²) in [6.07, 6.45) is 2.82. The molecule has 1 aliphatic carbocycles. The van der Waals surface area contributed by atoms with Crippen LogP contribution in [0.3, 0.4) is 0 Å². The molecule has 1 aliphatic rings. The van der Waals surface area contributed by atoms with Crippen LogP contribution in [0, 0.1) is 18.8 Å². The summed E-state index contributed by atoms with van der Waals surface area (Å²) in [7, 11) is 0. The minimum Gasteiger partial charge on any atom is -0.299 e. The molecule has 0 saturated heterocycles. The van der Waals surface area contributed by atoms with E-state index < -0.39 is 0 Å². The Morgan fingerprint density at radius 3 is 2.93 bits per heavy atom. The minimum absolute atomic E-state index is 0.249. The summed E-state index contributed by atoms with van der Waals surface area (Å²) in [4.78, 5) is 15.8. The lowest BCUT2D eigenvalue weighted by Crippen LogP contribution is -2.12. The summed E-state index contributed by atoms with van der Waals surface area (Å²) in [5.41, 5.74) is 1.10. The van der Waals surface area contributed by atoms with Crippen LogP contribution < -0.4 is 0 Å². The van der Waals surface area contributed by atoms with Crippen LogP contribution in [0.2, 0.25) is 0 Å². The summed E-state index contributed by atoms with van der Waals surface area (Å²) in [6.45, 7) is 4.07. The molecule has 1 heterocycles. The Labute approximate surface area is 88.4 Å². The van der Waals surface area contributed by atoms with Gasteiger partial charge in [0.05, 0.1) is 5.01 Å². The second kappa shape index (κ2) is 3.81. The number of Topliss-reactive ketones (excluding diaryl/α,β-unsaturated/α-hetero) is 1. The Bertz CT molecular complexity index is 345. The number of hydrogen-bond acceptors (Lipinski definition) is 3. The molecule has 0 aromatic carbocycles. The van der Waals surface area contributed by atoms with Crippen LogP contribution in [0.25, 0.3) is 0 Å². The highest BCUT2D eigenvalue weighted by Gasteiger charge is 2.31. The molecule has 0 N–H and O–H groups in total. The van der Waals surface area contributed by atoms with Crippen LogP contribution in [0.1, 0.15) is 30.5 Å². The molecule has 1 aromatic rings. The Morgan fingerprint density at radius 2 is 2.43 bits per heavy atom. The number of hydrogen-bond donors (Lipinski definition) is 0. The fourth-order valence-electron chi connectivity index (χ4n) is 2.07. The van der Waals surface area contributed by atoms with Crippen LogP contribution in [0.15, 0.2) is 5.38 Å². The van der Waals surface area contributed by atoms with Gasteiger partial charge < -0.3 is 0 Å². The Hall–Kier alpha value is -0.700. The molecular formula is C11H15NOS. The van der Waals surface area contributed by atoms with Crippen molar-refractivity contribution in [1.29, 1.82) is 0 Å². The molecule has 3 heteroatoms. The van der Waals surface area contributed by atoms with E-state index in [0.717, 1.165) is 25.0 Å². The molecule has 2 rings (SSSR count). The normalized spacial score (nSPS) is 27.1. The molecule has 0 spiro atoms. The standard InChI is InChI=1S/C11H15NOS/c1-7-6-14-11(12-7)5-9-3-4-10(13)8(9)2/h6,8-9H,3-5H2,1-2H3. The lowest BCUT2D eigenvalue weighted by molar-refractivity contribution is -0.120. The summed E-state index contributed by atoms with van der Waals surface area (Å²) in [5.74, 6) is 1.22. The predicted molar refractivity (Wildman–Crippen MR) is 57.5 cm³/mol. The van der Waals surface area contributed by atoms with Crippen molar-refractivity contribution >= 4 is 17.1 Å². The Balaban J connectivity index is 2.02. The molecule has 0 bridgehead atoms. The van der Waals surface area contributed by atoms with Gasteiger partial charge in [0.15, 0.2) is 0 Å². The van der Waals surface area contributed by atoms with Gasteiger partial charge in [0.25, 0.3) is 0 Å². The van der Waals surface area contributed by atoms with Crippen LogP contribution in [0.4, 0.5) is 0 Å². The SMILES string of the molecule is Cc1csc(CC2CCC(=O)C2C)n1. The van der Waals surface area contributed by atoms with Gasteiger partial charge in [-0.3, -0.25) is 4.79 Å².